The Bertz CT molecular complexity index is 595. The molecule has 0 bridgehead atoms. The largest absolute Gasteiger partial charge is 0.497 e. The lowest BCUT2D eigenvalue weighted by atomic mass is 10.0. The fraction of sp³-hybridized carbons (Fsp3) is 0.312. The molecule has 0 aromatic heterocycles. The van der Waals surface area contributed by atoms with E-state index in [1.807, 2.05) is 43.3 Å². The van der Waals surface area contributed by atoms with Gasteiger partial charge in [0.1, 0.15) is 12.4 Å². The van der Waals surface area contributed by atoms with Crippen molar-refractivity contribution in [3.63, 3.8) is 0 Å². The van der Waals surface area contributed by atoms with Gasteiger partial charge in [0, 0.05) is 6.42 Å². The van der Waals surface area contributed by atoms with E-state index in [2.05, 4.69) is 5.48 Å². The molecule has 0 heterocycles. The van der Waals surface area contributed by atoms with E-state index in [9.17, 15) is 4.79 Å². The molecule has 2 aromatic carbocycles. The molecular formula is C16H19NO3. The first-order chi connectivity index (χ1) is 9.74. The van der Waals surface area contributed by atoms with Crippen LogP contribution in [0.5, 0.6) is 5.75 Å². The maximum absolute atomic E-state index is 11.3. The number of hydrogen-bond acceptors (Lipinski definition) is 3. The highest BCUT2D eigenvalue weighted by atomic mass is 16.6. The minimum Gasteiger partial charge on any atom is -0.497 e. The molecule has 1 N–H and O–H groups in total. The third-order valence-electron chi connectivity index (χ3n) is 3.07. The maximum atomic E-state index is 11.3. The van der Waals surface area contributed by atoms with Crippen LogP contribution in [0.2, 0.25) is 0 Å². The highest BCUT2D eigenvalue weighted by Gasteiger charge is 2.04. The summed E-state index contributed by atoms with van der Waals surface area (Å²) >= 11 is 0. The SMILES string of the molecule is CCCC(=O)NOCc1cccc2ccc(OC)cc12. The lowest BCUT2D eigenvalue weighted by Gasteiger charge is -2.09. The lowest BCUT2D eigenvalue weighted by molar-refractivity contribution is -0.134. The zero-order valence-corrected chi connectivity index (χ0v) is 11.8. The standard InChI is InChI=1S/C16H19NO3/c1-3-5-16(18)17-20-11-13-7-4-6-12-8-9-14(19-2)10-15(12)13/h4,6-10H,3,5,11H2,1-2H3,(H,17,18). The van der Waals surface area contributed by atoms with Crippen LogP contribution in [0, 0.1) is 0 Å². The second kappa shape index (κ2) is 6.91. The molecule has 4 heteroatoms. The molecule has 0 aliphatic heterocycles. The number of nitrogens with one attached hydrogen (secondary N) is 1. The Morgan fingerprint density at radius 2 is 2.10 bits per heavy atom. The Morgan fingerprint density at radius 1 is 1.25 bits per heavy atom. The zero-order valence-electron chi connectivity index (χ0n) is 11.8. The van der Waals surface area contributed by atoms with E-state index in [0.29, 0.717) is 13.0 Å². The molecule has 4 nitrogen and oxygen atoms in total. The predicted octanol–water partition coefficient (Wildman–Crippen LogP) is 3.20. The normalized spacial score (nSPS) is 10.5. The number of carbonyl (C=O) groups excluding carboxylic acids is 1. The van der Waals surface area contributed by atoms with Crippen molar-refractivity contribution in [3.05, 3.63) is 42.0 Å². The summed E-state index contributed by atoms with van der Waals surface area (Å²) < 4.78 is 5.24. The van der Waals surface area contributed by atoms with Crippen LogP contribution < -0.4 is 10.2 Å². The van der Waals surface area contributed by atoms with Crippen LogP contribution >= 0.6 is 0 Å². The van der Waals surface area contributed by atoms with Crippen LogP contribution in [0.1, 0.15) is 25.3 Å². The van der Waals surface area contributed by atoms with Crippen molar-refractivity contribution in [1.82, 2.24) is 5.48 Å². The topological polar surface area (TPSA) is 47.6 Å². The number of rotatable bonds is 6. The fourth-order valence-corrected chi connectivity index (χ4v) is 2.04. The van der Waals surface area contributed by atoms with Crippen molar-refractivity contribution < 1.29 is 14.4 Å². The van der Waals surface area contributed by atoms with Crippen molar-refractivity contribution in [2.75, 3.05) is 7.11 Å². The van der Waals surface area contributed by atoms with Gasteiger partial charge in [0.15, 0.2) is 0 Å². The molecule has 20 heavy (non-hydrogen) atoms. The van der Waals surface area contributed by atoms with Gasteiger partial charge in [-0.15, -0.1) is 0 Å². The first kappa shape index (κ1) is 14.3. The van der Waals surface area contributed by atoms with Gasteiger partial charge in [-0.2, -0.15) is 0 Å². The van der Waals surface area contributed by atoms with Crippen LogP contribution in [0.25, 0.3) is 10.8 Å². The Kier molecular flexibility index (Phi) is 4.96. The molecule has 0 radical (unpaired) electrons. The van der Waals surface area contributed by atoms with E-state index in [-0.39, 0.29) is 5.91 Å². The number of hydroxylamine groups is 1. The summed E-state index contributed by atoms with van der Waals surface area (Å²) in [5.41, 5.74) is 3.47. The molecule has 106 valence electrons. The highest BCUT2D eigenvalue weighted by molar-refractivity contribution is 5.87. The first-order valence-corrected chi connectivity index (χ1v) is 6.71. The van der Waals surface area contributed by atoms with Crippen molar-refractivity contribution in [2.24, 2.45) is 0 Å². The molecular weight excluding hydrogens is 254 g/mol. The van der Waals surface area contributed by atoms with Gasteiger partial charge in [0.25, 0.3) is 0 Å². The van der Waals surface area contributed by atoms with E-state index in [1.54, 1.807) is 7.11 Å². The number of ether oxygens (including phenoxy) is 1. The van der Waals surface area contributed by atoms with Crippen molar-refractivity contribution in [3.8, 4) is 5.75 Å². The van der Waals surface area contributed by atoms with Gasteiger partial charge >= 0.3 is 0 Å². The number of fused-ring (bicyclic) bond motifs is 1. The smallest absolute Gasteiger partial charge is 0.243 e. The maximum Gasteiger partial charge on any atom is 0.243 e. The third kappa shape index (κ3) is 3.48. The minimum atomic E-state index is -0.0923. The summed E-state index contributed by atoms with van der Waals surface area (Å²) in [5.74, 6) is 0.713. The summed E-state index contributed by atoms with van der Waals surface area (Å²) in [6, 6.07) is 11.9. The van der Waals surface area contributed by atoms with Gasteiger partial charge in [-0.25, -0.2) is 5.48 Å². The summed E-state index contributed by atoms with van der Waals surface area (Å²) in [4.78, 5) is 16.6. The molecule has 0 unspecified atom stereocenters. The van der Waals surface area contributed by atoms with Crippen LogP contribution in [0.4, 0.5) is 0 Å². The molecule has 0 atom stereocenters. The summed E-state index contributed by atoms with van der Waals surface area (Å²) in [6.07, 6.45) is 1.28. The summed E-state index contributed by atoms with van der Waals surface area (Å²) in [7, 11) is 1.64. The van der Waals surface area contributed by atoms with Gasteiger partial charge in [0.2, 0.25) is 5.91 Å². The Balaban J connectivity index is 2.11. The molecule has 2 aromatic rings. The van der Waals surface area contributed by atoms with E-state index < -0.39 is 0 Å². The molecule has 1 amide bonds. The van der Waals surface area contributed by atoms with Crippen molar-refractivity contribution in [1.29, 1.82) is 0 Å². The van der Waals surface area contributed by atoms with Gasteiger partial charge in [-0.3, -0.25) is 9.63 Å². The molecule has 0 saturated heterocycles. The number of carbonyl (C=O) groups is 1. The van der Waals surface area contributed by atoms with E-state index in [0.717, 1.165) is 28.5 Å². The number of hydrogen-bond donors (Lipinski definition) is 1. The number of methoxy groups -OCH3 is 1. The number of amides is 1. The van der Waals surface area contributed by atoms with Gasteiger partial charge in [0.05, 0.1) is 7.11 Å². The second-order valence-corrected chi connectivity index (χ2v) is 4.57. The van der Waals surface area contributed by atoms with Crippen LogP contribution in [-0.2, 0) is 16.2 Å². The second-order valence-electron chi connectivity index (χ2n) is 4.57. The lowest BCUT2D eigenvalue weighted by Crippen LogP contribution is -2.22. The molecule has 0 saturated carbocycles. The van der Waals surface area contributed by atoms with E-state index in [1.165, 1.54) is 0 Å². The summed E-state index contributed by atoms with van der Waals surface area (Å²) in [5, 5.41) is 2.18. The summed E-state index contributed by atoms with van der Waals surface area (Å²) in [6.45, 7) is 2.29. The monoisotopic (exact) mass is 273 g/mol. The van der Waals surface area contributed by atoms with Gasteiger partial charge < -0.3 is 4.74 Å². The average molecular weight is 273 g/mol. The van der Waals surface area contributed by atoms with Crippen molar-refractivity contribution >= 4 is 16.7 Å². The van der Waals surface area contributed by atoms with Crippen molar-refractivity contribution in [2.45, 2.75) is 26.4 Å². The Labute approximate surface area is 118 Å². The van der Waals surface area contributed by atoms with Crippen LogP contribution in [0.3, 0.4) is 0 Å². The Morgan fingerprint density at radius 3 is 2.85 bits per heavy atom. The molecule has 0 fully saturated rings. The minimum absolute atomic E-state index is 0.0923. The Hall–Kier alpha value is -2.07. The number of benzene rings is 2. The van der Waals surface area contributed by atoms with E-state index in [4.69, 9.17) is 9.57 Å². The quantitative estimate of drug-likeness (QED) is 0.822. The fourth-order valence-electron chi connectivity index (χ4n) is 2.04. The van der Waals surface area contributed by atoms with Gasteiger partial charge in [-0.1, -0.05) is 31.2 Å². The highest BCUT2D eigenvalue weighted by Crippen LogP contribution is 2.24. The van der Waals surface area contributed by atoms with Gasteiger partial charge in [-0.05, 0) is 34.9 Å². The predicted molar refractivity (Wildman–Crippen MR) is 78.3 cm³/mol. The van der Waals surface area contributed by atoms with Crippen LogP contribution in [0.15, 0.2) is 36.4 Å². The van der Waals surface area contributed by atoms with E-state index >= 15 is 0 Å². The molecule has 2 rings (SSSR count). The first-order valence-electron chi connectivity index (χ1n) is 6.71. The third-order valence-corrected chi connectivity index (χ3v) is 3.07. The van der Waals surface area contributed by atoms with Crippen LogP contribution in [-0.4, -0.2) is 13.0 Å². The molecule has 0 spiro atoms. The average Bonchev–Trinajstić information content (AvgIpc) is 2.47. The molecule has 0 aliphatic rings. The zero-order chi connectivity index (χ0) is 14.4. The molecule has 0 aliphatic carbocycles.